The van der Waals surface area contributed by atoms with E-state index in [4.69, 9.17) is 22.1 Å². The highest BCUT2D eigenvalue weighted by atomic mass is 35.5. The molecule has 0 bridgehead atoms. The number of hydrogen-bond donors (Lipinski definition) is 2. The van der Waals surface area contributed by atoms with Gasteiger partial charge in [0.15, 0.2) is 0 Å². The Balaban J connectivity index is 1.41. The Kier molecular flexibility index (Phi) is 9.00. The van der Waals surface area contributed by atoms with E-state index in [9.17, 15) is 9.59 Å². The van der Waals surface area contributed by atoms with Crippen molar-refractivity contribution < 1.29 is 14.3 Å². The number of carbonyl (C=O) groups is 2. The monoisotopic (exact) mass is 537 g/mol. The molecule has 0 aromatic heterocycles. The molecule has 1 unspecified atom stereocenters. The Morgan fingerprint density at radius 2 is 1.78 bits per heavy atom. The summed E-state index contributed by atoms with van der Waals surface area (Å²) in [7, 11) is 0. The summed E-state index contributed by atoms with van der Waals surface area (Å²) >= 11 is 7.67. The largest absolute Gasteiger partial charge is 0.450 e. The fourth-order valence-corrected chi connectivity index (χ4v) is 5.64. The molecule has 1 aliphatic heterocycles. The van der Waals surface area contributed by atoms with Crippen LogP contribution >= 0.6 is 23.4 Å². The number of anilines is 1. The number of hydrogen-bond acceptors (Lipinski definition) is 5. The van der Waals surface area contributed by atoms with Gasteiger partial charge in [-0.25, -0.2) is 4.79 Å². The maximum Gasteiger partial charge on any atom is 0.409 e. The van der Waals surface area contributed by atoms with Crippen LogP contribution in [-0.4, -0.2) is 42.6 Å². The van der Waals surface area contributed by atoms with Gasteiger partial charge in [-0.05, 0) is 67.3 Å². The van der Waals surface area contributed by atoms with Gasteiger partial charge in [-0.3, -0.25) is 4.79 Å². The number of nitrogens with one attached hydrogen (secondary N) is 1. The summed E-state index contributed by atoms with van der Waals surface area (Å²) in [6.07, 6.45) is 1.09. The molecule has 37 heavy (non-hydrogen) atoms. The number of halogens is 1. The molecular weight excluding hydrogens is 506 g/mol. The average molecular weight is 538 g/mol. The van der Waals surface area contributed by atoms with Crippen molar-refractivity contribution in [1.29, 1.82) is 0 Å². The maximum atomic E-state index is 12.9. The molecule has 6 nitrogen and oxygen atoms in total. The van der Waals surface area contributed by atoms with Crippen LogP contribution in [-0.2, 0) is 4.74 Å². The van der Waals surface area contributed by atoms with E-state index < -0.39 is 0 Å². The quantitative estimate of drug-likeness (QED) is 0.333. The van der Waals surface area contributed by atoms with E-state index >= 15 is 0 Å². The number of amides is 2. The number of ether oxygens (including phenoxy) is 1. The SMILES string of the molecule is CCOC(=O)N1CCC(NC(=O)c2ccc(Sc3ccccc3C(C)c3ccc(Cl)cc3)c(N)c2)CC1. The number of nitrogens with zero attached hydrogens (tertiary/aromatic N) is 1. The number of carbonyl (C=O) groups excluding carboxylic acids is 2. The summed E-state index contributed by atoms with van der Waals surface area (Å²) in [5, 5.41) is 3.80. The molecule has 1 atom stereocenters. The molecule has 1 saturated heterocycles. The van der Waals surface area contributed by atoms with Gasteiger partial charge in [0, 0.05) is 51.1 Å². The third kappa shape index (κ3) is 6.79. The van der Waals surface area contributed by atoms with Crippen molar-refractivity contribution >= 4 is 41.1 Å². The molecule has 2 amide bonds. The summed E-state index contributed by atoms with van der Waals surface area (Å²) in [6, 6.07) is 21.7. The number of nitrogen functional groups attached to an aromatic ring is 1. The van der Waals surface area contributed by atoms with Gasteiger partial charge >= 0.3 is 6.09 Å². The van der Waals surface area contributed by atoms with Crippen LogP contribution in [0.5, 0.6) is 0 Å². The van der Waals surface area contributed by atoms with Crippen molar-refractivity contribution in [2.24, 2.45) is 0 Å². The van der Waals surface area contributed by atoms with Crippen LogP contribution in [0.4, 0.5) is 10.5 Å². The zero-order valence-corrected chi connectivity index (χ0v) is 22.6. The highest BCUT2D eigenvalue weighted by Crippen LogP contribution is 2.39. The first-order valence-corrected chi connectivity index (χ1v) is 13.7. The smallest absolute Gasteiger partial charge is 0.409 e. The highest BCUT2D eigenvalue weighted by molar-refractivity contribution is 7.99. The second-order valence-corrected chi connectivity index (χ2v) is 10.6. The molecule has 194 valence electrons. The lowest BCUT2D eigenvalue weighted by atomic mass is 9.93. The third-order valence-electron chi connectivity index (χ3n) is 6.60. The summed E-state index contributed by atoms with van der Waals surface area (Å²) in [5.74, 6) is 0.0251. The normalized spacial score (nSPS) is 14.7. The van der Waals surface area contributed by atoms with Crippen LogP contribution in [0.2, 0.25) is 5.02 Å². The van der Waals surface area contributed by atoms with Gasteiger partial charge in [0.05, 0.1) is 6.61 Å². The average Bonchev–Trinajstić information content (AvgIpc) is 2.90. The van der Waals surface area contributed by atoms with Crippen LogP contribution in [0.15, 0.2) is 76.5 Å². The predicted octanol–water partition coefficient (Wildman–Crippen LogP) is 6.58. The van der Waals surface area contributed by atoms with Gasteiger partial charge in [-0.2, -0.15) is 0 Å². The minimum Gasteiger partial charge on any atom is -0.450 e. The van der Waals surface area contributed by atoms with E-state index in [1.165, 1.54) is 11.1 Å². The van der Waals surface area contributed by atoms with E-state index in [1.807, 2.05) is 36.4 Å². The number of nitrogens with two attached hydrogens (primary N) is 1. The summed E-state index contributed by atoms with van der Waals surface area (Å²) in [6.45, 7) is 5.46. The van der Waals surface area contributed by atoms with Crippen molar-refractivity contribution in [3.63, 3.8) is 0 Å². The molecule has 0 radical (unpaired) electrons. The van der Waals surface area contributed by atoms with Gasteiger partial charge < -0.3 is 20.7 Å². The lowest BCUT2D eigenvalue weighted by molar-refractivity contribution is 0.0860. The molecule has 1 fully saturated rings. The zero-order chi connectivity index (χ0) is 26.4. The number of piperidine rings is 1. The van der Waals surface area contributed by atoms with E-state index in [0.29, 0.717) is 43.8 Å². The van der Waals surface area contributed by atoms with Crippen LogP contribution in [0, 0.1) is 0 Å². The van der Waals surface area contributed by atoms with Gasteiger partial charge in [-0.15, -0.1) is 0 Å². The van der Waals surface area contributed by atoms with Crippen molar-refractivity contribution in [3.05, 3.63) is 88.4 Å². The van der Waals surface area contributed by atoms with E-state index in [2.05, 4.69) is 36.5 Å². The molecule has 3 aromatic carbocycles. The molecule has 0 spiro atoms. The van der Waals surface area contributed by atoms with Crippen molar-refractivity contribution in [1.82, 2.24) is 10.2 Å². The van der Waals surface area contributed by atoms with Gasteiger partial charge in [0.25, 0.3) is 5.91 Å². The van der Waals surface area contributed by atoms with Crippen LogP contribution in [0.1, 0.15) is 54.1 Å². The molecule has 0 saturated carbocycles. The minimum atomic E-state index is -0.294. The first-order valence-electron chi connectivity index (χ1n) is 12.5. The molecule has 4 rings (SSSR count). The fourth-order valence-electron chi connectivity index (χ4n) is 4.45. The molecule has 3 N–H and O–H groups in total. The van der Waals surface area contributed by atoms with Crippen molar-refractivity contribution in [3.8, 4) is 0 Å². The Hall–Kier alpha value is -3.16. The molecule has 3 aromatic rings. The molecule has 8 heteroatoms. The fraction of sp³-hybridized carbons (Fsp3) is 0.310. The Morgan fingerprint density at radius 1 is 1.08 bits per heavy atom. The van der Waals surface area contributed by atoms with E-state index in [1.54, 1.807) is 29.7 Å². The van der Waals surface area contributed by atoms with E-state index in [0.717, 1.165) is 14.8 Å². The Morgan fingerprint density at radius 3 is 2.46 bits per heavy atom. The standard InChI is InChI=1S/C29H32ClN3O3S/c1-3-36-29(35)33-16-14-23(15-17-33)32-28(34)21-10-13-27(25(31)18-21)37-26-7-5-4-6-24(26)19(2)20-8-11-22(30)12-9-20/h4-13,18-19,23H,3,14-17,31H2,1-2H3,(H,32,34). The summed E-state index contributed by atoms with van der Waals surface area (Å²) in [5.41, 5.74) is 9.87. The van der Waals surface area contributed by atoms with Gasteiger partial charge in [0.2, 0.25) is 0 Å². The van der Waals surface area contributed by atoms with Crippen LogP contribution < -0.4 is 11.1 Å². The lowest BCUT2D eigenvalue weighted by Crippen LogP contribution is -2.46. The predicted molar refractivity (Wildman–Crippen MR) is 149 cm³/mol. The van der Waals surface area contributed by atoms with Gasteiger partial charge in [0.1, 0.15) is 0 Å². The summed E-state index contributed by atoms with van der Waals surface area (Å²) < 4.78 is 5.06. The number of likely N-dealkylation sites (tertiary alicyclic amines) is 1. The lowest BCUT2D eigenvalue weighted by Gasteiger charge is -2.31. The first kappa shape index (κ1) is 26.9. The third-order valence-corrected chi connectivity index (χ3v) is 8.04. The Bertz CT molecular complexity index is 1240. The number of rotatable bonds is 7. The molecule has 0 aliphatic carbocycles. The molecule has 1 heterocycles. The summed E-state index contributed by atoms with van der Waals surface area (Å²) in [4.78, 5) is 28.5. The van der Waals surface area contributed by atoms with Gasteiger partial charge in [-0.1, -0.05) is 60.6 Å². The maximum absolute atomic E-state index is 12.9. The zero-order valence-electron chi connectivity index (χ0n) is 21.1. The first-order chi connectivity index (χ1) is 17.9. The van der Waals surface area contributed by atoms with Crippen LogP contribution in [0.25, 0.3) is 0 Å². The second kappa shape index (κ2) is 12.4. The van der Waals surface area contributed by atoms with Crippen molar-refractivity contribution in [2.75, 3.05) is 25.4 Å². The number of benzene rings is 3. The van der Waals surface area contributed by atoms with Crippen LogP contribution in [0.3, 0.4) is 0 Å². The molecule has 1 aliphatic rings. The Labute approximate surface area is 227 Å². The second-order valence-electron chi connectivity index (χ2n) is 9.10. The molecular formula is C29H32ClN3O3S. The van der Waals surface area contributed by atoms with E-state index in [-0.39, 0.29) is 24.0 Å². The topological polar surface area (TPSA) is 84.7 Å². The highest BCUT2D eigenvalue weighted by Gasteiger charge is 2.25. The minimum absolute atomic E-state index is 0.00897. The van der Waals surface area contributed by atoms with Crippen molar-refractivity contribution in [2.45, 2.75) is 48.4 Å².